The summed E-state index contributed by atoms with van der Waals surface area (Å²) in [4.78, 5) is 17.3. The Bertz CT molecular complexity index is 580. The van der Waals surface area contributed by atoms with E-state index in [9.17, 15) is 4.79 Å². The number of hydrogen-bond donors (Lipinski definition) is 1. The van der Waals surface area contributed by atoms with Crippen molar-refractivity contribution >= 4 is 5.97 Å². The van der Waals surface area contributed by atoms with Crippen LogP contribution in [0.25, 0.3) is 11.5 Å². The van der Waals surface area contributed by atoms with Gasteiger partial charge >= 0.3 is 5.97 Å². The Morgan fingerprint density at radius 3 is 2.71 bits per heavy atom. The lowest BCUT2D eigenvalue weighted by Crippen LogP contribution is -2.36. The molecule has 21 heavy (non-hydrogen) atoms. The van der Waals surface area contributed by atoms with Gasteiger partial charge in [-0.25, -0.2) is 4.98 Å². The van der Waals surface area contributed by atoms with E-state index in [4.69, 9.17) is 9.52 Å². The minimum Gasteiger partial charge on any atom is -0.480 e. The molecule has 0 saturated heterocycles. The predicted molar refractivity (Wildman–Crippen MR) is 79.7 cm³/mol. The maximum absolute atomic E-state index is 11.0. The van der Waals surface area contributed by atoms with Crippen LogP contribution in [0.5, 0.6) is 0 Å². The van der Waals surface area contributed by atoms with Gasteiger partial charge in [-0.2, -0.15) is 0 Å². The molecule has 0 radical (unpaired) electrons. The first-order valence-electron chi connectivity index (χ1n) is 7.05. The number of hydrogen-bond acceptors (Lipinski definition) is 4. The molecule has 1 atom stereocenters. The lowest BCUT2D eigenvalue weighted by atomic mass is 10.2. The molecule has 5 nitrogen and oxygen atoms in total. The molecule has 0 fully saturated rings. The Hall–Kier alpha value is -2.14. The summed E-state index contributed by atoms with van der Waals surface area (Å²) in [5.41, 5.74) is 1.66. The Labute approximate surface area is 124 Å². The number of nitrogens with zero attached hydrogens (tertiary/aromatic N) is 2. The van der Waals surface area contributed by atoms with Gasteiger partial charge in [0.15, 0.2) is 0 Å². The van der Waals surface area contributed by atoms with Gasteiger partial charge in [0, 0.05) is 18.2 Å². The molecule has 0 spiro atoms. The molecule has 1 unspecified atom stereocenters. The summed E-state index contributed by atoms with van der Waals surface area (Å²) in [5, 5.41) is 9.00. The molecule has 2 aromatic rings. The van der Waals surface area contributed by atoms with Crippen LogP contribution in [-0.4, -0.2) is 33.5 Å². The highest BCUT2D eigenvalue weighted by atomic mass is 16.4. The monoisotopic (exact) mass is 288 g/mol. The summed E-state index contributed by atoms with van der Waals surface area (Å²) in [6.45, 7) is 4.53. The van der Waals surface area contributed by atoms with E-state index in [1.165, 1.54) is 0 Å². The molecule has 0 aliphatic rings. The smallest absolute Gasteiger partial charge is 0.317 e. The van der Waals surface area contributed by atoms with Crippen LogP contribution >= 0.6 is 0 Å². The van der Waals surface area contributed by atoms with E-state index in [1.54, 1.807) is 6.26 Å². The second-order valence-corrected chi connectivity index (χ2v) is 5.07. The molecular weight excluding hydrogens is 268 g/mol. The molecule has 0 saturated carbocycles. The van der Waals surface area contributed by atoms with Gasteiger partial charge in [-0.05, 0) is 25.5 Å². The zero-order valence-electron chi connectivity index (χ0n) is 12.3. The number of oxazole rings is 1. The van der Waals surface area contributed by atoms with Gasteiger partial charge in [0.05, 0.1) is 12.2 Å². The van der Waals surface area contributed by atoms with Crippen molar-refractivity contribution in [2.75, 3.05) is 6.54 Å². The Balaban J connectivity index is 2.11. The molecule has 1 aromatic carbocycles. The highest BCUT2D eigenvalue weighted by molar-refractivity contribution is 5.69. The maximum atomic E-state index is 11.0. The van der Waals surface area contributed by atoms with Gasteiger partial charge in [-0.1, -0.05) is 25.1 Å². The highest BCUT2D eigenvalue weighted by Crippen LogP contribution is 2.19. The van der Waals surface area contributed by atoms with Crippen LogP contribution in [0.1, 0.15) is 26.0 Å². The average molecular weight is 288 g/mol. The van der Waals surface area contributed by atoms with Crippen LogP contribution in [0.2, 0.25) is 0 Å². The number of rotatable bonds is 7. The van der Waals surface area contributed by atoms with Gasteiger partial charge in [-0.15, -0.1) is 0 Å². The second-order valence-electron chi connectivity index (χ2n) is 5.07. The van der Waals surface area contributed by atoms with Crippen LogP contribution < -0.4 is 0 Å². The summed E-state index contributed by atoms with van der Waals surface area (Å²) in [5.74, 6) is -0.271. The fourth-order valence-electron chi connectivity index (χ4n) is 2.10. The molecule has 1 N–H and O–H groups in total. The zero-order chi connectivity index (χ0) is 15.2. The molecule has 112 valence electrons. The molecule has 2 rings (SSSR count). The lowest BCUT2D eigenvalue weighted by molar-refractivity contribution is -0.139. The van der Waals surface area contributed by atoms with Crippen molar-refractivity contribution in [2.24, 2.45) is 0 Å². The van der Waals surface area contributed by atoms with E-state index in [0.29, 0.717) is 12.4 Å². The van der Waals surface area contributed by atoms with E-state index in [1.807, 2.05) is 49.1 Å². The Kier molecular flexibility index (Phi) is 5.11. The van der Waals surface area contributed by atoms with Crippen molar-refractivity contribution in [1.29, 1.82) is 0 Å². The van der Waals surface area contributed by atoms with Crippen molar-refractivity contribution in [3.63, 3.8) is 0 Å². The van der Waals surface area contributed by atoms with Crippen LogP contribution in [0.15, 0.2) is 41.0 Å². The summed E-state index contributed by atoms with van der Waals surface area (Å²) in [6.07, 6.45) is 2.48. The van der Waals surface area contributed by atoms with E-state index >= 15 is 0 Å². The number of carboxylic acid groups (broad SMARTS) is 1. The molecule has 0 bridgehead atoms. The van der Waals surface area contributed by atoms with Crippen molar-refractivity contribution in [1.82, 2.24) is 9.88 Å². The second kappa shape index (κ2) is 7.04. The molecule has 0 aliphatic carbocycles. The minimum absolute atomic E-state index is 0.00252. The third-order valence-electron chi connectivity index (χ3n) is 3.49. The third-order valence-corrected chi connectivity index (χ3v) is 3.49. The summed E-state index contributed by atoms with van der Waals surface area (Å²) in [7, 11) is 0. The number of benzene rings is 1. The fourth-order valence-corrected chi connectivity index (χ4v) is 2.10. The standard InChI is InChI=1S/C16H20N2O3/c1-3-12(2)18(10-15(19)20)9-14-11-21-16(17-14)13-7-5-4-6-8-13/h4-8,11-12H,3,9-10H2,1-2H3,(H,19,20). The number of aliphatic carboxylic acids is 1. The van der Waals surface area contributed by atoms with Gasteiger partial charge in [0.2, 0.25) is 5.89 Å². The summed E-state index contributed by atoms with van der Waals surface area (Å²) < 4.78 is 5.48. The van der Waals surface area contributed by atoms with Crippen molar-refractivity contribution < 1.29 is 14.3 Å². The first-order chi connectivity index (χ1) is 10.1. The molecule has 0 aliphatic heterocycles. The van der Waals surface area contributed by atoms with Crippen LogP contribution in [0.4, 0.5) is 0 Å². The van der Waals surface area contributed by atoms with Gasteiger partial charge < -0.3 is 9.52 Å². The molecule has 5 heteroatoms. The van der Waals surface area contributed by atoms with E-state index in [-0.39, 0.29) is 12.6 Å². The minimum atomic E-state index is -0.831. The number of carboxylic acids is 1. The normalized spacial score (nSPS) is 12.5. The molecular formula is C16H20N2O3. The van der Waals surface area contributed by atoms with Crippen LogP contribution in [0, 0.1) is 0 Å². The summed E-state index contributed by atoms with van der Waals surface area (Å²) >= 11 is 0. The maximum Gasteiger partial charge on any atom is 0.317 e. The third kappa shape index (κ3) is 4.16. The quantitative estimate of drug-likeness (QED) is 0.848. The zero-order valence-corrected chi connectivity index (χ0v) is 12.3. The topological polar surface area (TPSA) is 66.6 Å². The largest absolute Gasteiger partial charge is 0.480 e. The van der Waals surface area contributed by atoms with Crippen molar-refractivity contribution in [3.8, 4) is 11.5 Å². The highest BCUT2D eigenvalue weighted by Gasteiger charge is 2.18. The average Bonchev–Trinajstić information content (AvgIpc) is 2.95. The molecule has 1 heterocycles. The van der Waals surface area contributed by atoms with E-state index in [0.717, 1.165) is 17.7 Å². The summed E-state index contributed by atoms with van der Waals surface area (Å²) in [6, 6.07) is 9.83. The number of aromatic nitrogens is 1. The first-order valence-corrected chi connectivity index (χ1v) is 7.05. The van der Waals surface area contributed by atoms with Gasteiger partial charge in [0.1, 0.15) is 6.26 Å². The fraction of sp³-hybridized carbons (Fsp3) is 0.375. The SMILES string of the molecule is CCC(C)N(CC(=O)O)Cc1coc(-c2ccccc2)n1. The molecule has 0 amide bonds. The van der Waals surface area contributed by atoms with Crippen molar-refractivity contribution in [3.05, 3.63) is 42.3 Å². The number of carbonyl (C=O) groups is 1. The van der Waals surface area contributed by atoms with Crippen LogP contribution in [0.3, 0.4) is 0 Å². The van der Waals surface area contributed by atoms with E-state index < -0.39 is 5.97 Å². The van der Waals surface area contributed by atoms with Gasteiger partial charge in [0.25, 0.3) is 0 Å². The Morgan fingerprint density at radius 2 is 2.10 bits per heavy atom. The predicted octanol–water partition coefficient (Wildman–Crippen LogP) is 3.03. The first kappa shape index (κ1) is 15.3. The Morgan fingerprint density at radius 1 is 1.38 bits per heavy atom. The molecule has 1 aromatic heterocycles. The van der Waals surface area contributed by atoms with Crippen molar-refractivity contribution in [2.45, 2.75) is 32.9 Å². The van der Waals surface area contributed by atoms with E-state index in [2.05, 4.69) is 4.98 Å². The lowest BCUT2D eigenvalue weighted by Gasteiger charge is -2.25. The van der Waals surface area contributed by atoms with Crippen LogP contribution in [-0.2, 0) is 11.3 Å². The van der Waals surface area contributed by atoms with Gasteiger partial charge in [-0.3, -0.25) is 9.69 Å².